The molecule has 2 heterocycles. The first kappa shape index (κ1) is 15.8. The Labute approximate surface area is 141 Å². The topological polar surface area (TPSA) is 48.9 Å². The SMILES string of the molecule is CC(C)n1cc2c(c1-c1cccc(Br)c1)c(=O)n(C)c(=O)n2C. The van der Waals surface area contributed by atoms with Gasteiger partial charge in [0.05, 0.1) is 16.6 Å². The fourth-order valence-corrected chi connectivity index (χ4v) is 3.29. The summed E-state index contributed by atoms with van der Waals surface area (Å²) in [6.45, 7) is 4.12. The first-order valence-corrected chi connectivity index (χ1v) is 8.18. The molecule has 3 aromatic rings. The lowest BCUT2D eigenvalue weighted by atomic mass is 10.1. The summed E-state index contributed by atoms with van der Waals surface area (Å²) in [7, 11) is 3.21. The van der Waals surface area contributed by atoms with Crippen molar-refractivity contribution in [3.05, 3.63) is 55.8 Å². The van der Waals surface area contributed by atoms with Crippen molar-refractivity contribution < 1.29 is 0 Å². The maximum Gasteiger partial charge on any atom is 0.330 e. The Morgan fingerprint density at radius 3 is 2.39 bits per heavy atom. The van der Waals surface area contributed by atoms with Crippen molar-refractivity contribution in [1.29, 1.82) is 0 Å². The van der Waals surface area contributed by atoms with E-state index in [1.54, 1.807) is 7.05 Å². The van der Waals surface area contributed by atoms with Gasteiger partial charge in [-0.05, 0) is 26.0 Å². The van der Waals surface area contributed by atoms with Crippen molar-refractivity contribution in [2.24, 2.45) is 14.1 Å². The van der Waals surface area contributed by atoms with Crippen LogP contribution in [0.3, 0.4) is 0 Å². The summed E-state index contributed by atoms with van der Waals surface area (Å²) in [6.07, 6.45) is 1.89. The molecule has 0 saturated carbocycles. The number of hydrogen-bond donors (Lipinski definition) is 0. The quantitative estimate of drug-likeness (QED) is 0.690. The number of aryl methyl sites for hydroxylation is 1. The second-order valence-corrected chi connectivity index (χ2v) is 6.87. The van der Waals surface area contributed by atoms with Gasteiger partial charge in [0.15, 0.2) is 0 Å². The Kier molecular flexibility index (Phi) is 3.80. The lowest BCUT2D eigenvalue weighted by Crippen LogP contribution is -2.36. The van der Waals surface area contributed by atoms with E-state index in [2.05, 4.69) is 29.8 Å². The van der Waals surface area contributed by atoms with Crippen LogP contribution in [-0.4, -0.2) is 13.7 Å². The molecule has 0 atom stereocenters. The van der Waals surface area contributed by atoms with E-state index in [1.165, 1.54) is 11.6 Å². The number of benzene rings is 1. The predicted octanol–water partition coefficient (Wildman–Crippen LogP) is 3.05. The van der Waals surface area contributed by atoms with Crippen molar-refractivity contribution in [2.75, 3.05) is 0 Å². The summed E-state index contributed by atoms with van der Waals surface area (Å²) in [5, 5.41) is 0.571. The van der Waals surface area contributed by atoms with E-state index in [0.29, 0.717) is 10.9 Å². The molecule has 6 heteroatoms. The molecule has 0 aliphatic rings. The maximum atomic E-state index is 12.7. The molecule has 1 aromatic carbocycles. The van der Waals surface area contributed by atoms with Crippen molar-refractivity contribution in [1.82, 2.24) is 13.7 Å². The molecule has 0 aliphatic heterocycles. The van der Waals surface area contributed by atoms with Gasteiger partial charge in [0, 0.05) is 36.4 Å². The van der Waals surface area contributed by atoms with Crippen molar-refractivity contribution in [3.8, 4) is 11.3 Å². The first-order valence-electron chi connectivity index (χ1n) is 7.39. The van der Waals surface area contributed by atoms with Crippen molar-refractivity contribution in [2.45, 2.75) is 19.9 Å². The highest BCUT2D eigenvalue weighted by atomic mass is 79.9. The Bertz CT molecular complexity index is 1020. The number of halogens is 1. The molecule has 0 fully saturated rings. The summed E-state index contributed by atoms with van der Waals surface area (Å²) in [4.78, 5) is 24.9. The van der Waals surface area contributed by atoms with Crippen LogP contribution < -0.4 is 11.2 Å². The molecule has 120 valence electrons. The van der Waals surface area contributed by atoms with E-state index >= 15 is 0 Å². The van der Waals surface area contributed by atoms with Crippen LogP contribution in [0.1, 0.15) is 19.9 Å². The molecule has 0 unspecified atom stereocenters. The van der Waals surface area contributed by atoms with E-state index in [9.17, 15) is 9.59 Å². The number of aromatic nitrogens is 3. The Morgan fingerprint density at radius 1 is 1.09 bits per heavy atom. The predicted molar refractivity (Wildman–Crippen MR) is 95.9 cm³/mol. The molecule has 5 nitrogen and oxygen atoms in total. The smallest absolute Gasteiger partial charge is 0.330 e. The summed E-state index contributed by atoms with van der Waals surface area (Å²) >= 11 is 3.48. The van der Waals surface area contributed by atoms with Gasteiger partial charge in [0.2, 0.25) is 0 Å². The van der Waals surface area contributed by atoms with Gasteiger partial charge < -0.3 is 4.57 Å². The highest BCUT2D eigenvalue weighted by molar-refractivity contribution is 9.10. The third kappa shape index (κ3) is 2.37. The highest BCUT2D eigenvalue weighted by Crippen LogP contribution is 2.31. The Balaban J connectivity index is 2.56. The number of rotatable bonds is 2. The fraction of sp³-hybridized carbons (Fsp3) is 0.294. The van der Waals surface area contributed by atoms with Gasteiger partial charge >= 0.3 is 5.69 Å². The summed E-state index contributed by atoms with van der Waals surface area (Å²) in [6, 6.07) is 8.01. The van der Waals surface area contributed by atoms with E-state index in [-0.39, 0.29) is 17.3 Å². The van der Waals surface area contributed by atoms with Crippen LogP contribution in [0.25, 0.3) is 22.2 Å². The normalized spacial score (nSPS) is 11.6. The molecule has 0 spiro atoms. The lowest BCUT2D eigenvalue weighted by molar-refractivity contribution is 0.610. The molecule has 23 heavy (non-hydrogen) atoms. The van der Waals surface area contributed by atoms with Gasteiger partial charge in [-0.2, -0.15) is 0 Å². The van der Waals surface area contributed by atoms with Gasteiger partial charge in [-0.15, -0.1) is 0 Å². The summed E-state index contributed by atoms with van der Waals surface area (Å²) in [5.41, 5.74) is 1.86. The van der Waals surface area contributed by atoms with Crippen LogP contribution in [0.4, 0.5) is 0 Å². The highest BCUT2D eigenvalue weighted by Gasteiger charge is 2.20. The van der Waals surface area contributed by atoms with Crippen LogP contribution >= 0.6 is 15.9 Å². The minimum atomic E-state index is -0.316. The number of nitrogens with zero attached hydrogens (tertiary/aromatic N) is 3. The number of hydrogen-bond acceptors (Lipinski definition) is 2. The van der Waals surface area contributed by atoms with Gasteiger partial charge in [0.25, 0.3) is 5.56 Å². The van der Waals surface area contributed by atoms with Crippen LogP contribution in [0.2, 0.25) is 0 Å². The van der Waals surface area contributed by atoms with Gasteiger partial charge in [-0.25, -0.2) is 4.79 Å². The summed E-state index contributed by atoms with van der Waals surface area (Å²) < 4.78 is 5.68. The minimum Gasteiger partial charge on any atom is -0.342 e. The third-order valence-corrected chi connectivity index (χ3v) is 4.61. The largest absolute Gasteiger partial charge is 0.342 e. The second kappa shape index (κ2) is 5.53. The molecule has 0 N–H and O–H groups in total. The fourth-order valence-electron chi connectivity index (χ4n) is 2.90. The van der Waals surface area contributed by atoms with Crippen LogP contribution in [0, 0.1) is 0 Å². The van der Waals surface area contributed by atoms with E-state index in [1.807, 2.05) is 35.0 Å². The van der Waals surface area contributed by atoms with Crippen molar-refractivity contribution in [3.63, 3.8) is 0 Å². The minimum absolute atomic E-state index is 0.163. The average Bonchev–Trinajstić information content (AvgIpc) is 2.91. The van der Waals surface area contributed by atoms with E-state index in [4.69, 9.17) is 0 Å². The van der Waals surface area contributed by atoms with Crippen LogP contribution in [0.5, 0.6) is 0 Å². The Hall–Kier alpha value is -2.08. The van der Waals surface area contributed by atoms with Gasteiger partial charge in [-0.3, -0.25) is 13.9 Å². The van der Waals surface area contributed by atoms with E-state index < -0.39 is 0 Å². The zero-order valence-electron chi connectivity index (χ0n) is 13.5. The molecular formula is C17H18BrN3O2. The second-order valence-electron chi connectivity index (χ2n) is 5.96. The molecule has 0 saturated heterocycles. The third-order valence-electron chi connectivity index (χ3n) is 4.12. The standard InChI is InChI=1S/C17H18BrN3O2/c1-10(2)21-9-13-14(16(22)20(4)17(23)19(13)3)15(21)11-6-5-7-12(18)8-11/h5-10H,1-4H3. The Morgan fingerprint density at radius 2 is 1.78 bits per heavy atom. The summed E-state index contributed by atoms with van der Waals surface area (Å²) in [5.74, 6) is 0. The zero-order valence-corrected chi connectivity index (χ0v) is 15.1. The molecular weight excluding hydrogens is 358 g/mol. The van der Waals surface area contributed by atoms with Gasteiger partial charge in [-0.1, -0.05) is 28.1 Å². The zero-order chi connectivity index (χ0) is 16.9. The maximum absolute atomic E-state index is 12.7. The van der Waals surface area contributed by atoms with Gasteiger partial charge in [0.1, 0.15) is 0 Å². The monoisotopic (exact) mass is 375 g/mol. The van der Waals surface area contributed by atoms with E-state index in [0.717, 1.165) is 20.3 Å². The first-order chi connectivity index (χ1) is 10.8. The average molecular weight is 376 g/mol. The number of fused-ring (bicyclic) bond motifs is 1. The van der Waals surface area contributed by atoms with Crippen LogP contribution in [0.15, 0.2) is 44.5 Å². The van der Waals surface area contributed by atoms with Crippen molar-refractivity contribution >= 4 is 26.8 Å². The lowest BCUT2D eigenvalue weighted by Gasteiger charge is -2.13. The molecule has 2 aromatic heterocycles. The van der Waals surface area contributed by atoms with Crippen LogP contribution in [-0.2, 0) is 14.1 Å². The molecule has 0 bridgehead atoms. The molecule has 0 amide bonds. The molecule has 0 aliphatic carbocycles. The molecule has 0 radical (unpaired) electrons. The molecule has 3 rings (SSSR count).